The highest BCUT2D eigenvalue weighted by Crippen LogP contribution is 2.48. The van der Waals surface area contributed by atoms with Gasteiger partial charge in [0.25, 0.3) is 0 Å². The van der Waals surface area contributed by atoms with Crippen LogP contribution < -0.4 is 10.2 Å². The maximum absolute atomic E-state index is 13.3. The quantitative estimate of drug-likeness (QED) is 0.783. The van der Waals surface area contributed by atoms with Crippen LogP contribution in [0.5, 0.6) is 0 Å². The van der Waals surface area contributed by atoms with Crippen LogP contribution in [0, 0.1) is 5.41 Å². The van der Waals surface area contributed by atoms with Gasteiger partial charge in [-0.25, -0.2) is 0 Å². The summed E-state index contributed by atoms with van der Waals surface area (Å²) < 4.78 is 5.67. The molecule has 2 aliphatic rings. The number of anilines is 2. The maximum atomic E-state index is 13.3. The smallest absolute Gasteiger partial charge is 0.303 e. The predicted octanol–water partition coefficient (Wildman–Crippen LogP) is 4.29. The van der Waals surface area contributed by atoms with Crippen LogP contribution in [0.2, 0.25) is 0 Å². The minimum atomic E-state index is -1.05. The molecule has 30 heavy (non-hydrogen) atoms. The standard InChI is InChI=1S/C23H24N2O5/c1-23(2)12-15-21(17(26)13-23)22(18-8-5-11-30-18)25(19(27)9-10-20(28)29)16-7-4-3-6-14(16)24-15/h3-8,11,22,24H,9-10,12-13H2,1-2H3,(H,28,29)/t22-/m0/s1. The first kappa shape index (κ1) is 19.9. The molecular weight excluding hydrogens is 384 g/mol. The molecule has 7 nitrogen and oxygen atoms in total. The van der Waals surface area contributed by atoms with E-state index in [1.54, 1.807) is 18.2 Å². The number of carboxylic acid groups (broad SMARTS) is 1. The largest absolute Gasteiger partial charge is 0.481 e. The molecule has 0 bridgehead atoms. The van der Waals surface area contributed by atoms with E-state index in [1.165, 1.54) is 11.2 Å². The number of carbonyl (C=O) groups is 3. The van der Waals surface area contributed by atoms with Gasteiger partial charge in [-0.3, -0.25) is 19.3 Å². The molecule has 0 unspecified atom stereocenters. The summed E-state index contributed by atoms with van der Waals surface area (Å²) in [4.78, 5) is 39.2. The van der Waals surface area contributed by atoms with Crippen molar-refractivity contribution in [1.29, 1.82) is 0 Å². The summed E-state index contributed by atoms with van der Waals surface area (Å²) in [6, 6.07) is 10.0. The van der Waals surface area contributed by atoms with Crippen molar-refractivity contribution < 1.29 is 23.9 Å². The molecule has 0 radical (unpaired) electrons. The van der Waals surface area contributed by atoms with E-state index in [4.69, 9.17) is 9.52 Å². The Labute approximate surface area is 174 Å². The summed E-state index contributed by atoms with van der Waals surface area (Å²) in [7, 11) is 0. The number of hydrogen-bond donors (Lipinski definition) is 2. The van der Waals surface area contributed by atoms with Gasteiger partial charge < -0.3 is 14.8 Å². The second-order valence-electron chi connectivity index (χ2n) is 8.55. The zero-order chi connectivity index (χ0) is 21.5. The summed E-state index contributed by atoms with van der Waals surface area (Å²) in [6.07, 6.45) is 2.05. The Hall–Kier alpha value is -3.35. The highest BCUT2D eigenvalue weighted by Gasteiger charge is 2.44. The third-order valence-corrected chi connectivity index (χ3v) is 5.53. The number of para-hydroxylation sites is 2. The fourth-order valence-corrected chi connectivity index (χ4v) is 4.31. The molecule has 1 atom stereocenters. The zero-order valence-electron chi connectivity index (χ0n) is 17.0. The molecule has 2 aromatic rings. The van der Waals surface area contributed by atoms with Crippen molar-refractivity contribution in [2.24, 2.45) is 5.41 Å². The Balaban J connectivity index is 1.92. The Morgan fingerprint density at radius 1 is 1.17 bits per heavy atom. The lowest BCUT2D eigenvalue weighted by molar-refractivity contribution is -0.138. The van der Waals surface area contributed by atoms with Gasteiger partial charge in [0.2, 0.25) is 5.91 Å². The van der Waals surface area contributed by atoms with Gasteiger partial charge in [-0.1, -0.05) is 26.0 Å². The average molecular weight is 408 g/mol. The second kappa shape index (κ2) is 7.48. The Bertz CT molecular complexity index is 1040. The van der Waals surface area contributed by atoms with Crippen LogP contribution in [0.1, 0.15) is 51.3 Å². The molecule has 1 aliphatic heterocycles. The third-order valence-electron chi connectivity index (χ3n) is 5.53. The van der Waals surface area contributed by atoms with Gasteiger partial charge in [-0.2, -0.15) is 0 Å². The number of ketones is 1. The number of rotatable bonds is 4. The first-order valence-corrected chi connectivity index (χ1v) is 9.96. The molecule has 7 heteroatoms. The van der Waals surface area contributed by atoms with Crippen molar-refractivity contribution in [1.82, 2.24) is 0 Å². The number of nitrogens with zero attached hydrogens (tertiary/aromatic N) is 1. The first-order valence-electron chi connectivity index (χ1n) is 9.96. The van der Waals surface area contributed by atoms with Crippen molar-refractivity contribution in [3.05, 3.63) is 59.7 Å². The Kier molecular flexibility index (Phi) is 4.97. The number of allylic oxidation sites excluding steroid dienone is 1. The molecule has 1 amide bonds. The molecule has 156 valence electrons. The lowest BCUT2D eigenvalue weighted by Crippen LogP contribution is -2.39. The molecule has 0 saturated carbocycles. The van der Waals surface area contributed by atoms with E-state index in [0.717, 1.165) is 5.70 Å². The van der Waals surface area contributed by atoms with E-state index >= 15 is 0 Å². The number of fused-ring (bicyclic) bond motifs is 1. The molecule has 4 rings (SSSR count). The molecule has 1 aliphatic carbocycles. The number of benzene rings is 1. The Morgan fingerprint density at radius 2 is 1.93 bits per heavy atom. The Morgan fingerprint density at radius 3 is 2.63 bits per heavy atom. The van der Waals surface area contributed by atoms with Crippen molar-refractivity contribution in [2.45, 2.75) is 45.6 Å². The number of nitrogens with one attached hydrogen (secondary N) is 1. The SMILES string of the molecule is CC1(C)CC(=O)C2=C(C1)Nc1ccccc1N(C(=O)CCC(=O)O)[C@H]2c1ccco1. The molecule has 2 N–H and O–H groups in total. The summed E-state index contributed by atoms with van der Waals surface area (Å²) in [5.41, 5.74) is 2.36. The first-order chi connectivity index (χ1) is 14.3. The fraction of sp³-hybridized carbons (Fsp3) is 0.348. The van der Waals surface area contributed by atoms with E-state index in [2.05, 4.69) is 5.32 Å². The number of aliphatic carboxylic acids is 1. The second-order valence-corrected chi connectivity index (χ2v) is 8.55. The van der Waals surface area contributed by atoms with Crippen LogP contribution in [0.25, 0.3) is 0 Å². The van der Waals surface area contributed by atoms with E-state index in [-0.39, 0.29) is 29.9 Å². The van der Waals surface area contributed by atoms with Crippen molar-refractivity contribution in [3.63, 3.8) is 0 Å². The predicted molar refractivity (Wildman–Crippen MR) is 111 cm³/mol. The zero-order valence-corrected chi connectivity index (χ0v) is 17.0. The highest BCUT2D eigenvalue weighted by molar-refractivity contribution is 6.06. The van der Waals surface area contributed by atoms with Crippen LogP contribution in [0.15, 0.2) is 58.3 Å². The van der Waals surface area contributed by atoms with E-state index in [0.29, 0.717) is 35.5 Å². The van der Waals surface area contributed by atoms with Gasteiger partial charge in [-0.15, -0.1) is 0 Å². The van der Waals surface area contributed by atoms with Gasteiger partial charge in [-0.05, 0) is 36.1 Å². The van der Waals surface area contributed by atoms with Gasteiger partial charge in [0.1, 0.15) is 11.8 Å². The number of Topliss-reactive ketones (excluding diaryl/α,β-unsaturated/α-hetero) is 1. The molecular formula is C23H24N2O5. The van der Waals surface area contributed by atoms with E-state index in [9.17, 15) is 14.4 Å². The van der Waals surface area contributed by atoms with Crippen LogP contribution in [0.3, 0.4) is 0 Å². The summed E-state index contributed by atoms with van der Waals surface area (Å²) >= 11 is 0. The lowest BCUT2D eigenvalue weighted by atomic mass is 9.74. The third kappa shape index (κ3) is 3.63. The number of amides is 1. The molecule has 0 fully saturated rings. The molecule has 2 heterocycles. The van der Waals surface area contributed by atoms with Crippen molar-refractivity contribution in [3.8, 4) is 0 Å². The fourth-order valence-electron chi connectivity index (χ4n) is 4.31. The van der Waals surface area contributed by atoms with E-state index < -0.39 is 12.0 Å². The topological polar surface area (TPSA) is 99.9 Å². The summed E-state index contributed by atoms with van der Waals surface area (Å²) in [6.45, 7) is 4.09. The van der Waals surface area contributed by atoms with Gasteiger partial charge in [0.15, 0.2) is 5.78 Å². The normalized spacial score (nSPS) is 20.1. The van der Waals surface area contributed by atoms with Crippen LogP contribution in [-0.2, 0) is 14.4 Å². The van der Waals surface area contributed by atoms with Crippen LogP contribution >= 0.6 is 0 Å². The minimum absolute atomic E-state index is 0.0426. The van der Waals surface area contributed by atoms with Crippen molar-refractivity contribution >= 4 is 29.0 Å². The minimum Gasteiger partial charge on any atom is -0.481 e. The van der Waals surface area contributed by atoms with Crippen LogP contribution in [-0.4, -0.2) is 22.8 Å². The van der Waals surface area contributed by atoms with Gasteiger partial charge >= 0.3 is 5.97 Å². The van der Waals surface area contributed by atoms with Crippen LogP contribution in [0.4, 0.5) is 11.4 Å². The number of carbonyl (C=O) groups excluding carboxylic acids is 2. The molecule has 0 spiro atoms. The number of furan rings is 1. The summed E-state index contributed by atoms with van der Waals surface area (Å²) in [5, 5.41) is 12.5. The lowest BCUT2D eigenvalue weighted by Gasteiger charge is -2.36. The highest BCUT2D eigenvalue weighted by atomic mass is 16.4. The molecule has 1 aromatic carbocycles. The van der Waals surface area contributed by atoms with E-state index in [1.807, 2.05) is 32.0 Å². The van der Waals surface area contributed by atoms with Gasteiger partial charge in [0, 0.05) is 24.1 Å². The summed E-state index contributed by atoms with van der Waals surface area (Å²) in [5.74, 6) is -0.995. The number of hydrogen-bond acceptors (Lipinski definition) is 5. The maximum Gasteiger partial charge on any atom is 0.303 e. The van der Waals surface area contributed by atoms with Gasteiger partial charge in [0.05, 0.1) is 24.1 Å². The average Bonchev–Trinajstić information content (AvgIpc) is 3.15. The monoisotopic (exact) mass is 408 g/mol. The molecule has 1 aromatic heterocycles. The molecule has 0 saturated heterocycles. The number of carboxylic acids is 1. The van der Waals surface area contributed by atoms with Crippen molar-refractivity contribution in [2.75, 3.05) is 10.2 Å².